The predicted molar refractivity (Wildman–Crippen MR) is 98.5 cm³/mol. The Morgan fingerprint density at radius 1 is 1.24 bits per heavy atom. The summed E-state index contributed by atoms with van der Waals surface area (Å²) in [4.78, 5) is 14.6. The van der Waals surface area contributed by atoms with E-state index in [9.17, 15) is 9.18 Å². The molecule has 6 heteroatoms. The summed E-state index contributed by atoms with van der Waals surface area (Å²) in [6.07, 6.45) is 0.763. The van der Waals surface area contributed by atoms with Gasteiger partial charge in [0.05, 0.1) is 12.5 Å². The first-order valence-electron chi connectivity index (χ1n) is 8.13. The third-order valence-electron chi connectivity index (χ3n) is 4.61. The summed E-state index contributed by atoms with van der Waals surface area (Å²) in [5, 5.41) is 3.99. The molecule has 1 aliphatic heterocycles. The van der Waals surface area contributed by atoms with Gasteiger partial charge in [0.2, 0.25) is 5.91 Å². The summed E-state index contributed by atoms with van der Waals surface area (Å²) in [5.74, 6) is -0.688. The quantitative estimate of drug-likeness (QED) is 0.860. The third-order valence-corrected chi connectivity index (χ3v) is 5.21. The Hall–Kier alpha value is -1.62. The van der Waals surface area contributed by atoms with Crippen molar-refractivity contribution in [1.29, 1.82) is 0 Å². The summed E-state index contributed by atoms with van der Waals surface area (Å²) in [6, 6.07) is 12.1. The maximum atomic E-state index is 13.9. The van der Waals surface area contributed by atoms with Crippen LogP contribution >= 0.6 is 23.2 Å². The fourth-order valence-electron chi connectivity index (χ4n) is 3.36. The molecule has 1 aliphatic rings. The van der Waals surface area contributed by atoms with E-state index in [1.54, 1.807) is 6.07 Å². The van der Waals surface area contributed by atoms with Crippen LogP contribution in [0.3, 0.4) is 0 Å². The standard InChI is InChI=1S/C19H19Cl2FN2O/c1-24-10-9-17(19(24)12-5-7-13(20)8-6-12)23-18(25)11-14-15(21)3-2-4-16(14)22/h2-8,17,19H,9-11H2,1H3,(H,23,25)/t17-,19+/m1/s1. The van der Waals surface area contributed by atoms with Gasteiger partial charge in [-0.2, -0.15) is 0 Å². The van der Waals surface area contributed by atoms with Crippen LogP contribution in [0, 0.1) is 5.82 Å². The average molecular weight is 381 g/mol. The van der Waals surface area contributed by atoms with E-state index >= 15 is 0 Å². The van der Waals surface area contributed by atoms with Crippen LogP contribution in [0.15, 0.2) is 42.5 Å². The first kappa shape index (κ1) is 18.2. The molecule has 0 bridgehead atoms. The highest BCUT2D eigenvalue weighted by molar-refractivity contribution is 6.31. The highest BCUT2D eigenvalue weighted by atomic mass is 35.5. The molecule has 1 heterocycles. The van der Waals surface area contributed by atoms with E-state index in [1.165, 1.54) is 12.1 Å². The molecular weight excluding hydrogens is 362 g/mol. The lowest BCUT2D eigenvalue weighted by Gasteiger charge is -2.26. The fraction of sp³-hybridized carbons (Fsp3) is 0.316. The van der Waals surface area contributed by atoms with Crippen molar-refractivity contribution in [2.75, 3.05) is 13.6 Å². The highest BCUT2D eigenvalue weighted by Crippen LogP contribution is 2.31. The van der Waals surface area contributed by atoms with Gasteiger partial charge in [0.1, 0.15) is 5.82 Å². The first-order chi connectivity index (χ1) is 12.0. The molecule has 132 valence electrons. The minimum Gasteiger partial charge on any atom is -0.351 e. The summed E-state index contributed by atoms with van der Waals surface area (Å²) in [7, 11) is 2.03. The molecule has 0 aliphatic carbocycles. The van der Waals surface area contributed by atoms with E-state index in [0.717, 1.165) is 18.5 Å². The molecule has 0 aromatic heterocycles. The number of likely N-dealkylation sites (tertiary alicyclic amines) is 1. The number of benzene rings is 2. The van der Waals surface area contributed by atoms with Crippen molar-refractivity contribution in [1.82, 2.24) is 10.2 Å². The summed E-state index contributed by atoms with van der Waals surface area (Å²) in [5.41, 5.74) is 1.33. The Labute approximate surface area is 156 Å². The predicted octanol–water partition coefficient (Wildman–Crippen LogP) is 4.24. The molecule has 1 fully saturated rings. The normalized spacial score (nSPS) is 20.6. The number of hydrogen-bond donors (Lipinski definition) is 1. The van der Waals surface area contributed by atoms with Gasteiger partial charge in [0.15, 0.2) is 0 Å². The van der Waals surface area contributed by atoms with Gasteiger partial charge in [0.25, 0.3) is 0 Å². The molecule has 0 spiro atoms. The highest BCUT2D eigenvalue weighted by Gasteiger charge is 2.34. The van der Waals surface area contributed by atoms with Gasteiger partial charge in [-0.3, -0.25) is 9.69 Å². The average Bonchev–Trinajstić information content (AvgIpc) is 2.92. The molecule has 1 N–H and O–H groups in total. The van der Waals surface area contributed by atoms with Crippen molar-refractivity contribution in [2.24, 2.45) is 0 Å². The number of nitrogens with zero attached hydrogens (tertiary/aromatic N) is 1. The van der Waals surface area contributed by atoms with Crippen LogP contribution in [0.1, 0.15) is 23.6 Å². The van der Waals surface area contributed by atoms with Crippen molar-refractivity contribution < 1.29 is 9.18 Å². The van der Waals surface area contributed by atoms with E-state index < -0.39 is 5.82 Å². The van der Waals surface area contributed by atoms with Crippen LogP contribution in [0.25, 0.3) is 0 Å². The maximum Gasteiger partial charge on any atom is 0.224 e. The molecule has 2 aromatic rings. The second-order valence-corrected chi connectivity index (χ2v) is 7.16. The molecular formula is C19H19Cl2FN2O. The minimum absolute atomic E-state index is 0.0378. The SMILES string of the molecule is CN1CC[C@@H](NC(=O)Cc2c(F)cccc2Cl)[C@@H]1c1ccc(Cl)cc1. The number of hydrogen-bond acceptors (Lipinski definition) is 2. The van der Waals surface area contributed by atoms with Crippen molar-refractivity contribution in [3.05, 3.63) is 69.5 Å². The maximum absolute atomic E-state index is 13.9. The number of rotatable bonds is 4. The van der Waals surface area contributed by atoms with Crippen LogP contribution in [0.4, 0.5) is 4.39 Å². The van der Waals surface area contributed by atoms with Gasteiger partial charge in [-0.15, -0.1) is 0 Å². The van der Waals surface area contributed by atoms with E-state index in [0.29, 0.717) is 5.02 Å². The molecule has 2 atom stereocenters. The molecule has 3 nitrogen and oxygen atoms in total. The van der Waals surface area contributed by atoms with Crippen molar-refractivity contribution >= 4 is 29.1 Å². The Bertz CT molecular complexity index is 746. The van der Waals surface area contributed by atoms with Crippen LogP contribution in [0.5, 0.6) is 0 Å². The molecule has 25 heavy (non-hydrogen) atoms. The van der Waals surface area contributed by atoms with Gasteiger partial charge in [-0.1, -0.05) is 41.4 Å². The summed E-state index contributed by atoms with van der Waals surface area (Å²) < 4.78 is 13.9. The number of halogens is 3. The Morgan fingerprint density at radius 3 is 2.64 bits per heavy atom. The van der Waals surface area contributed by atoms with Crippen molar-refractivity contribution in [2.45, 2.75) is 24.9 Å². The lowest BCUT2D eigenvalue weighted by Crippen LogP contribution is -2.39. The number of nitrogens with one attached hydrogen (secondary N) is 1. The van der Waals surface area contributed by atoms with E-state index in [4.69, 9.17) is 23.2 Å². The Kier molecular flexibility index (Phi) is 5.62. The second-order valence-electron chi connectivity index (χ2n) is 6.32. The number of amides is 1. The van der Waals surface area contributed by atoms with Gasteiger partial charge in [0, 0.05) is 28.2 Å². The lowest BCUT2D eigenvalue weighted by atomic mass is 10.00. The van der Waals surface area contributed by atoms with Gasteiger partial charge >= 0.3 is 0 Å². The smallest absolute Gasteiger partial charge is 0.224 e. The monoisotopic (exact) mass is 380 g/mol. The summed E-state index contributed by atoms with van der Waals surface area (Å²) in [6.45, 7) is 0.874. The van der Waals surface area contributed by atoms with Crippen molar-refractivity contribution in [3.8, 4) is 0 Å². The van der Waals surface area contributed by atoms with E-state index in [1.807, 2.05) is 31.3 Å². The number of likely N-dealkylation sites (N-methyl/N-ethyl adjacent to an activating group) is 1. The molecule has 1 saturated heterocycles. The number of carbonyl (C=O) groups is 1. The lowest BCUT2D eigenvalue weighted by molar-refractivity contribution is -0.121. The van der Waals surface area contributed by atoms with Crippen LogP contribution in [-0.4, -0.2) is 30.4 Å². The Balaban J connectivity index is 1.72. The van der Waals surface area contributed by atoms with E-state index in [-0.39, 0.29) is 35.0 Å². The molecule has 0 unspecified atom stereocenters. The zero-order chi connectivity index (χ0) is 18.0. The fourth-order valence-corrected chi connectivity index (χ4v) is 3.72. The van der Waals surface area contributed by atoms with E-state index in [2.05, 4.69) is 10.2 Å². The molecule has 3 rings (SSSR count). The van der Waals surface area contributed by atoms with Crippen LogP contribution in [0.2, 0.25) is 10.0 Å². The zero-order valence-corrected chi connectivity index (χ0v) is 15.3. The van der Waals surface area contributed by atoms with Crippen LogP contribution < -0.4 is 5.32 Å². The molecule has 1 amide bonds. The topological polar surface area (TPSA) is 32.3 Å². The van der Waals surface area contributed by atoms with Gasteiger partial charge in [-0.05, 0) is 43.3 Å². The minimum atomic E-state index is -0.458. The third kappa shape index (κ3) is 4.14. The Morgan fingerprint density at radius 2 is 1.96 bits per heavy atom. The largest absolute Gasteiger partial charge is 0.351 e. The molecule has 2 aromatic carbocycles. The molecule has 0 saturated carbocycles. The second kappa shape index (κ2) is 7.73. The van der Waals surface area contributed by atoms with Crippen molar-refractivity contribution in [3.63, 3.8) is 0 Å². The van der Waals surface area contributed by atoms with Crippen LogP contribution in [-0.2, 0) is 11.2 Å². The van der Waals surface area contributed by atoms with Gasteiger partial charge in [-0.25, -0.2) is 4.39 Å². The number of carbonyl (C=O) groups excluding carboxylic acids is 1. The molecule has 0 radical (unpaired) electrons. The van der Waals surface area contributed by atoms with Gasteiger partial charge < -0.3 is 5.32 Å². The summed E-state index contributed by atoms with van der Waals surface area (Å²) >= 11 is 12.0. The zero-order valence-electron chi connectivity index (χ0n) is 13.8. The first-order valence-corrected chi connectivity index (χ1v) is 8.89.